The van der Waals surface area contributed by atoms with E-state index in [0.29, 0.717) is 17.5 Å². The molecule has 0 bridgehead atoms. The molecule has 6 nitrogen and oxygen atoms in total. The van der Waals surface area contributed by atoms with Gasteiger partial charge in [-0.25, -0.2) is 0 Å². The minimum atomic E-state index is -0.212. The number of nitrogens with zero attached hydrogens (tertiary/aromatic N) is 3. The second-order valence-electron chi connectivity index (χ2n) is 11.2. The molecule has 5 rings (SSSR count). The van der Waals surface area contributed by atoms with E-state index in [1.165, 1.54) is 6.42 Å². The number of amides is 2. The Kier molecular flexibility index (Phi) is 8.46. The van der Waals surface area contributed by atoms with Gasteiger partial charge in [-0.3, -0.25) is 14.6 Å². The molecule has 2 aliphatic heterocycles. The van der Waals surface area contributed by atoms with Crippen LogP contribution in [0.5, 0.6) is 0 Å². The molecule has 1 N–H and O–H groups in total. The number of carbonyl (C=O) groups excluding carboxylic acids is 2. The molecule has 1 aromatic carbocycles. The maximum absolute atomic E-state index is 13.4. The zero-order chi connectivity index (χ0) is 25.7. The molecule has 1 spiro atoms. The molecular formula is C30H39ClN4O2. The van der Waals surface area contributed by atoms with Crippen LogP contribution in [0.15, 0.2) is 48.8 Å². The number of hydrogen-bond acceptors (Lipinski definition) is 4. The molecule has 1 aromatic heterocycles. The summed E-state index contributed by atoms with van der Waals surface area (Å²) in [5.74, 6) is 0.605. The molecule has 2 amide bonds. The lowest BCUT2D eigenvalue weighted by Crippen LogP contribution is -2.45. The van der Waals surface area contributed by atoms with Gasteiger partial charge in [-0.2, -0.15) is 0 Å². The summed E-state index contributed by atoms with van der Waals surface area (Å²) in [4.78, 5) is 35.1. The Morgan fingerprint density at radius 2 is 1.81 bits per heavy atom. The van der Waals surface area contributed by atoms with Crippen molar-refractivity contribution in [3.05, 3.63) is 64.9 Å². The third-order valence-corrected chi connectivity index (χ3v) is 9.16. The number of halogens is 1. The van der Waals surface area contributed by atoms with E-state index in [9.17, 15) is 9.59 Å². The first kappa shape index (κ1) is 26.2. The smallest absolute Gasteiger partial charge is 0.229 e. The fourth-order valence-electron chi connectivity index (χ4n) is 6.45. The van der Waals surface area contributed by atoms with Crippen molar-refractivity contribution in [2.24, 2.45) is 11.3 Å². The number of pyridine rings is 1. The van der Waals surface area contributed by atoms with Crippen LogP contribution in [-0.4, -0.2) is 52.8 Å². The lowest BCUT2D eigenvalue weighted by atomic mass is 9.77. The molecule has 1 aliphatic carbocycles. The van der Waals surface area contributed by atoms with E-state index in [-0.39, 0.29) is 23.3 Å². The average Bonchev–Trinajstić information content (AvgIpc) is 3.23. The molecule has 2 aromatic rings. The van der Waals surface area contributed by atoms with Gasteiger partial charge < -0.3 is 15.1 Å². The molecule has 3 heterocycles. The first-order valence-electron chi connectivity index (χ1n) is 14.0. The third-order valence-electron chi connectivity index (χ3n) is 8.82. The van der Waals surface area contributed by atoms with Crippen LogP contribution in [0.4, 0.5) is 0 Å². The van der Waals surface area contributed by atoms with Crippen molar-refractivity contribution in [3.8, 4) is 0 Å². The molecule has 3 fully saturated rings. The monoisotopic (exact) mass is 522 g/mol. The zero-order valence-corrected chi connectivity index (χ0v) is 22.5. The minimum absolute atomic E-state index is 0.0953. The van der Waals surface area contributed by atoms with Gasteiger partial charge in [-0.1, -0.05) is 55.1 Å². The molecule has 1 unspecified atom stereocenters. The van der Waals surface area contributed by atoms with E-state index in [1.807, 2.05) is 47.5 Å². The van der Waals surface area contributed by atoms with Crippen LogP contribution >= 0.6 is 11.6 Å². The van der Waals surface area contributed by atoms with Crippen molar-refractivity contribution in [2.45, 2.75) is 70.4 Å². The average molecular weight is 523 g/mol. The van der Waals surface area contributed by atoms with E-state index in [2.05, 4.69) is 15.2 Å². The zero-order valence-electron chi connectivity index (χ0n) is 21.7. The summed E-state index contributed by atoms with van der Waals surface area (Å²) in [6.07, 6.45) is 12.7. The number of carbonyl (C=O) groups is 2. The summed E-state index contributed by atoms with van der Waals surface area (Å²) in [6, 6.07) is 11.7. The van der Waals surface area contributed by atoms with E-state index in [1.54, 1.807) is 6.20 Å². The molecule has 37 heavy (non-hydrogen) atoms. The summed E-state index contributed by atoms with van der Waals surface area (Å²) >= 11 is 6.57. The van der Waals surface area contributed by atoms with Crippen LogP contribution in [0.1, 0.15) is 75.0 Å². The van der Waals surface area contributed by atoms with E-state index in [4.69, 9.17) is 11.6 Å². The first-order chi connectivity index (χ1) is 18.0. The molecule has 0 radical (unpaired) electrons. The van der Waals surface area contributed by atoms with Crippen molar-refractivity contribution < 1.29 is 9.59 Å². The highest BCUT2D eigenvalue weighted by molar-refractivity contribution is 6.31. The van der Waals surface area contributed by atoms with Gasteiger partial charge in [0.25, 0.3) is 0 Å². The van der Waals surface area contributed by atoms with E-state index < -0.39 is 0 Å². The third kappa shape index (κ3) is 6.18. The van der Waals surface area contributed by atoms with E-state index in [0.717, 1.165) is 88.7 Å². The fourth-order valence-corrected chi connectivity index (χ4v) is 6.72. The van der Waals surface area contributed by atoms with Crippen LogP contribution in [0, 0.1) is 11.3 Å². The van der Waals surface area contributed by atoms with E-state index >= 15 is 0 Å². The van der Waals surface area contributed by atoms with Crippen LogP contribution in [0.25, 0.3) is 0 Å². The topological polar surface area (TPSA) is 65.5 Å². The first-order valence-corrected chi connectivity index (χ1v) is 14.4. The Morgan fingerprint density at radius 1 is 1.05 bits per heavy atom. The predicted molar refractivity (Wildman–Crippen MR) is 146 cm³/mol. The second kappa shape index (κ2) is 12.0. The van der Waals surface area contributed by atoms with Crippen molar-refractivity contribution >= 4 is 23.4 Å². The molecule has 198 valence electrons. The SMILES string of the molecule is O=C(NC(CCN1CCC2(CC1)CCN(Cc1cccnc1)C2=O)c1ccccc1Cl)C1CCCCC1. The Balaban J connectivity index is 1.17. The van der Waals surface area contributed by atoms with Gasteiger partial charge in [-0.15, -0.1) is 0 Å². The van der Waals surface area contributed by atoms with Crippen LogP contribution in [0.3, 0.4) is 0 Å². The molecule has 2 saturated heterocycles. The van der Waals surface area contributed by atoms with Crippen LogP contribution in [-0.2, 0) is 16.1 Å². The summed E-state index contributed by atoms with van der Waals surface area (Å²) in [5.41, 5.74) is 1.88. The summed E-state index contributed by atoms with van der Waals surface area (Å²) in [6.45, 7) is 4.19. The van der Waals surface area contributed by atoms with Crippen LogP contribution < -0.4 is 5.32 Å². The highest BCUT2D eigenvalue weighted by Crippen LogP contribution is 2.42. The van der Waals surface area contributed by atoms with Gasteiger partial charge >= 0.3 is 0 Å². The van der Waals surface area contributed by atoms with Gasteiger partial charge in [0, 0.05) is 43.0 Å². The number of piperidine rings is 1. The second-order valence-corrected chi connectivity index (χ2v) is 11.6. The Labute approximate surface area is 225 Å². The number of nitrogens with one attached hydrogen (secondary N) is 1. The van der Waals surface area contributed by atoms with Crippen molar-refractivity contribution in [1.29, 1.82) is 0 Å². The Bertz CT molecular complexity index is 1060. The van der Waals surface area contributed by atoms with Gasteiger partial charge in [0.1, 0.15) is 0 Å². The van der Waals surface area contributed by atoms with Gasteiger partial charge in [-0.05, 0) is 74.9 Å². The number of rotatable bonds is 8. The molecule has 1 saturated carbocycles. The van der Waals surface area contributed by atoms with Gasteiger partial charge in [0.05, 0.1) is 11.5 Å². The summed E-state index contributed by atoms with van der Waals surface area (Å²) in [5, 5.41) is 4.06. The standard InChI is InChI=1S/C30H39ClN4O2/c31-26-11-5-4-10-25(26)27(33-28(36)24-8-2-1-3-9-24)12-17-34-18-13-30(14-19-34)15-20-35(29(30)37)22-23-7-6-16-32-21-23/h4-7,10-11,16,21,24,27H,1-3,8-9,12-15,17-20,22H2,(H,33,36). The predicted octanol–water partition coefficient (Wildman–Crippen LogP) is 5.38. The Hall–Kier alpha value is -2.44. The quantitative estimate of drug-likeness (QED) is 0.505. The molecule has 7 heteroatoms. The molecule has 3 aliphatic rings. The summed E-state index contributed by atoms with van der Waals surface area (Å²) in [7, 11) is 0. The minimum Gasteiger partial charge on any atom is -0.349 e. The fraction of sp³-hybridized carbons (Fsp3) is 0.567. The number of hydrogen-bond donors (Lipinski definition) is 1. The van der Waals surface area contributed by atoms with Crippen molar-refractivity contribution in [2.75, 3.05) is 26.2 Å². The number of benzene rings is 1. The van der Waals surface area contributed by atoms with Crippen LogP contribution in [0.2, 0.25) is 5.02 Å². The van der Waals surface area contributed by atoms with Gasteiger partial charge in [0.2, 0.25) is 11.8 Å². The largest absolute Gasteiger partial charge is 0.349 e. The number of likely N-dealkylation sites (tertiary alicyclic amines) is 2. The lowest BCUT2D eigenvalue weighted by molar-refractivity contribution is -0.139. The lowest BCUT2D eigenvalue weighted by Gasteiger charge is -2.38. The molecular weight excluding hydrogens is 484 g/mol. The normalized spacial score (nSPS) is 21.3. The maximum Gasteiger partial charge on any atom is 0.229 e. The molecule has 1 atom stereocenters. The van der Waals surface area contributed by atoms with Gasteiger partial charge in [0.15, 0.2) is 0 Å². The highest BCUT2D eigenvalue weighted by Gasteiger charge is 2.47. The Morgan fingerprint density at radius 3 is 2.54 bits per heavy atom. The van der Waals surface area contributed by atoms with Crippen molar-refractivity contribution in [3.63, 3.8) is 0 Å². The maximum atomic E-state index is 13.4. The summed E-state index contributed by atoms with van der Waals surface area (Å²) < 4.78 is 0. The van der Waals surface area contributed by atoms with Crippen molar-refractivity contribution in [1.82, 2.24) is 20.1 Å². The number of aromatic nitrogens is 1. The highest BCUT2D eigenvalue weighted by atomic mass is 35.5.